The molecule has 1 saturated carbocycles. The number of amides is 1. The van der Waals surface area contributed by atoms with E-state index in [0.717, 1.165) is 47.2 Å². The first-order valence-corrected chi connectivity index (χ1v) is 10.4. The van der Waals surface area contributed by atoms with E-state index in [0.29, 0.717) is 18.4 Å². The van der Waals surface area contributed by atoms with Gasteiger partial charge in [-0.1, -0.05) is 13.8 Å². The molecule has 0 bridgehead atoms. The Bertz CT molecular complexity index is 884. The van der Waals surface area contributed by atoms with E-state index >= 15 is 0 Å². The average molecular weight is 458 g/mol. The van der Waals surface area contributed by atoms with Gasteiger partial charge in [0.15, 0.2) is 5.65 Å². The molecule has 8 heteroatoms. The van der Waals surface area contributed by atoms with Crippen LogP contribution in [0.5, 0.6) is 0 Å². The molecule has 0 spiro atoms. The lowest BCUT2D eigenvalue weighted by Gasteiger charge is -2.23. The fourth-order valence-electron chi connectivity index (χ4n) is 3.52. The summed E-state index contributed by atoms with van der Waals surface area (Å²) in [4.78, 5) is 20.1. The summed E-state index contributed by atoms with van der Waals surface area (Å²) < 4.78 is 1.97. The molecule has 0 aromatic carbocycles. The van der Waals surface area contributed by atoms with E-state index in [1.807, 2.05) is 24.7 Å². The fraction of sp³-hybridized carbons (Fsp3) is 0.682. The van der Waals surface area contributed by atoms with Crippen LogP contribution in [0.2, 0.25) is 0 Å². The van der Waals surface area contributed by atoms with Crippen LogP contribution < -0.4 is 5.73 Å². The molecule has 0 aliphatic heterocycles. The third-order valence-electron chi connectivity index (χ3n) is 5.69. The Morgan fingerprint density at radius 3 is 2.40 bits per heavy atom. The molecule has 0 saturated heterocycles. The van der Waals surface area contributed by atoms with Gasteiger partial charge in [-0.05, 0) is 58.9 Å². The van der Waals surface area contributed by atoms with Crippen molar-refractivity contribution in [2.24, 2.45) is 11.7 Å². The summed E-state index contributed by atoms with van der Waals surface area (Å²) >= 11 is 0. The summed E-state index contributed by atoms with van der Waals surface area (Å²) in [6, 6.07) is 2.10. The summed E-state index contributed by atoms with van der Waals surface area (Å²) in [5.74, 6) is 0.908. The normalized spacial score (nSPS) is 15.0. The SMILES string of the molecule is Cc1nn(C(C)(C)C)c2nc(C3CC3)cc(C(=O)N(C)CCC(N)C(C)C)c12.Cl.Cl. The number of pyridine rings is 1. The van der Waals surface area contributed by atoms with Crippen molar-refractivity contribution in [1.82, 2.24) is 19.7 Å². The lowest BCUT2D eigenvalue weighted by Crippen LogP contribution is -2.34. The number of carbonyl (C=O) groups is 1. The number of halogens is 2. The van der Waals surface area contributed by atoms with Gasteiger partial charge in [0, 0.05) is 31.2 Å². The van der Waals surface area contributed by atoms with Gasteiger partial charge in [0.1, 0.15) is 0 Å². The van der Waals surface area contributed by atoms with E-state index in [4.69, 9.17) is 15.8 Å². The molecule has 2 heterocycles. The average Bonchev–Trinajstić information content (AvgIpc) is 3.41. The molecule has 2 aromatic rings. The molecule has 1 aliphatic carbocycles. The van der Waals surface area contributed by atoms with Crippen LogP contribution in [0.3, 0.4) is 0 Å². The Morgan fingerprint density at radius 2 is 1.90 bits per heavy atom. The second kappa shape index (κ2) is 9.84. The summed E-state index contributed by atoms with van der Waals surface area (Å²) in [6.07, 6.45) is 3.09. The third kappa shape index (κ3) is 5.45. The Hall–Kier alpha value is -1.37. The van der Waals surface area contributed by atoms with Crippen LogP contribution in [0.4, 0.5) is 0 Å². The Morgan fingerprint density at radius 1 is 1.30 bits per heavy atom. The highest BCUT2D eigenvalue weighted by molar-refractivity contribution is 6.06. The molecule has 2 N–H and O–H groups in total. The molecule has 1 amide bonds. The number of nitrogens with zero attached hydrogens (tertiary/aromatic N) is 4. The van der Waals surface area contributed by atoms with Crippen molar-refractivity contribution >= 4 is 41.8 Å². The van der Waals surface area contributed by atoms with Crippen molar-refractivity contribution in [1.29, 1.82) is 0 Å². The maximum atomic E-state index is 13.4. The zero-order valence-corrected chi connectivity index (χ0v) is 20.9. The molecule has 2 aromatic heterocycles. The van der Waals surface area contributed by atoms with E-state index in [1.54, 1.807) is 4.90 Å². The first-order valence-electron chi connectivity index (χ1n) is 10.4. The Balaban J connectivity index is 0.00000225. The van der Waals surface area contributed by atoms with E-state index < -0.39 is 0 Å². The smallest absolute Gasteiger partial charge is 0.254 e. The number of aryl methyl sites for hydroxylation is 1. The molecule has 0 radical (unpaired) electrons. The van der Waals surface area contributed by atoms with E-state index in [-0.39, 0.29) is 42.3 Å². The number of hydrogen-bond donors (Lipinski definition) is 1. The van der Waals surface area contributed by atoms with Crippen molar-refractivity contribution in [2.45, 2.75) is 78.3 Å². The minimum absolute atomic E-state index is 0. The lowest BCUT2D eigenvalue weighted by atomic mass is 10.0. The maximum Gasteiger partial charge on any atom is 0.254 e. The topological polar surface area (TPSA) is 77.0 Å². The van der Waals surface area contributed by atoms with Gasteiger partial charge in [-0.15, -0.1) is 24.8 Å². The summed E-state index contributed by atoms with van der Waals surface area (Å²) in [6.45, 7) is 13.2. The van der Waals surface area contributed by atoms with Gasteiger partial charge >= 0.3 is 0 Å². The van der Waals surface area contributed by atoms with Crippen molar-refractivity contribution in [3.8, 4) is 0 Å². The van der Waals surface area contributed by atoms with Crippen molar-refractivity contribution in [2.75, 3.05) is 13.6 Å². The zero-order valence-electron chi connectivity index (χ0n) is 19.2. The predicted octanol–water partition coefficient (Wildman–Crippen LogP) is 4.66. The van der Waals surface area contributed by atoms with Crippen LogP contribution in [-0.2, 0) is 5.54 Å². The van der Waals surface area contributed by atoms with Gasteiger partial charge in [0.2, 0.25) is 0 Å². The number of aromatic nitrogens is 3. The van der Waals surface area contributed by atoms with Crippen LogP contribution in [0.15, 0.2) is 6.07 Å². The highest BCUT2D eigenvalue weighted by Gasteiger charge is 2.31. The van der Waals surface area contributed by atoms with Crippen LogP contribution >= 0.6 is 24.8 Å². The van der Waals surface area contributed by atoms with E-state index in [2.05, 4.69) is 34.6 Å². The molecule has 3 rings (SSSR count). The molecule has 1 atom stereocenters. The van der Waals surface area contributed by atoms with Gasteiger partial charge in [0.25, 0.3) is 5.91 Å². The molecule has 1 unspecified atom stereocenters. The highest BCUT2D eigenvalue weighted by atomic mass is 35.5. The van der Waals surface area contributed by atoms with Crippen LogP contribution in [-0.4, -0.2) is 45.2 Å². The largest absolute Gasteiger partial charge is 0.342 e. The van der Waals surface area contributed by atoms with E-state index in [1.165, 1.54) is 0 Å². The van der Waals surface area contributed by atoms with Crippen molar-refractivity contribution in [3.63, 3.8) is 0 Å². The maximum absolute atomic E-state index is 13.4. The molecule has 30 heavy (non-hydrogen) atoms. The lowest BCUT2D eigenvalue weighted by molar-refractivity contribution is 0.0791. The molecule has 6 nitrogen and oxygen atoms in total. The quantitative estimate of drug-likeness (QED) is 0.683. The number of hydrogen-bond acceptors (Lipinski definition) is 4. The standard InChI is InChI=1S/C22H35N5O.2ClH/c1-13(2)17(23)10-11-26(7)21(28)16-12-18(15-8-9-15)24-20-19(16)14(3)25-27(20)22(4,5)6;;/h12-13,15,17H,8-11,23H2,1-7H3;2*1H. The number of nitrogens with two attached hydrogens (primary N) is 1. The van der Waals surface area contributed by atoms with Gasteiger partial charge < -0.3 is 10.6 Å². The number of fused-ring (bicyclic) bond motifs is 1. The van der Waals surface area contributed by atoms with Crippen molar-refractivity contribution < 1.29 is 4.79 Å². The zero-order chi connectivity index (χ0) is 20.8. The minimum Gasteiger partial charge on any atom is -0.342 e. The van der Waals surface area contributed by atoms with Crippen molar-refractivity contribution in [3.05, 3.63) is 23.0 Å². The number of rotatable bonds is 6. The van der Waals surface area contributed by atoms with E-state index in [9.17, 15) is 4.79 Å². The third-order valence-corrected chi connectivity index (χ3v) is 5.69. The molecule has 1 fully saturated rings. The minimum atomic E-state index is -0.196. The van der Waals surface area contributed by atoms with Gasteiger partial charge in [-0.25, -0.2) is 9.67 Å². The Kier molecular flexibility index (Phi) is 8.74. The van der Waals surface area contributed by atoms with Crippen LogP contribution in [0.25, 0.3) is 11.0 Å². The van der Waals surface area contributed by atoms with Gasteiger partial charge in [0.05, 0.1) is 22.2 Å². The second-order valence-corrected chi connectivity index (χ2v) is 9.66. The summed E-state index contributed by atoms with van der Waals surface area (Å²) in [5.41, 5.74) is 9.41. The van der Waals surface area contributed by atoms with Crippen LogP contribution in [0, 0.1) is 12.8 Å². The fourth-order valence-corrected chi connectivity index (χ4v) is 3.52. The summed E-state index contributed by atoms with van der Waals surface area (Å²) in [5, 5.41) is 5.62. The first kappa shape index (κ1) is 26.7. The summed E-state index contributed by atoms with van der Waals surface area (Å²) in [7, 11) is 1.86. The molecule has 170 valence electrons. The predicted molar refractivity (Wildman–Crippen MR) is 128 cm³/mol. The molecule has 1 aliphatic rings. The molecular formula is C22H37Cl2N5O. The Labute approximate surface area is 192 Å². The number of carbonyl (C=O) groups excluding carboxylic acids is 1. The highest BCUT2D eigenvalue weighted by Crippen LogP contribution is 2.41. The monoisotopic (exact) mass is 457 g/mol. The van der Waals surface area contributed by atoms with Gasteiger partial charge in [-0.3, -0.25) is 4.79 Å². The first-order chi connectivity index (χ1) is 13.0. The molecular weight excluding hydrogens is 421 g/mol. The second-order valence-electron chi connectivity index (χ2n) is 9.66. The van der Waals surface area contributed by atoms with Gasteiger partial charge in [-0.2, -0.15) is 5.10 Å². The van der Waals surface area contributed by atoms with Crippen LogP contribution in [0.1, 0.15) is 81.5 Å².